The van der Waals surface area contributed by atoms with E-state index >= 15 is 0 Å². The molecule has 0 bridgehead atoms. The van der Waals surface area contributed by atoms with Crippen LogP contribution >= 0.6 is 23.2 Å². The Morgan fingerprint density at radius 1 is 1.08 bits per heavy atom. The van der Waals surface area contributed by atoms with Crippen LogP contribution in [0.2, 0.25) is 10.0 Å². The lowest BCUT2D eigenvalue weighted by atomic mass is 10.1. The predicted octanol–water partition coefficient (Wildman–Crippen LogP) is 3.94. The van der Waals surface area contributed by atoms with Crippen LogP contribution < -0.4 is 5.32 Å². The van der Waals surface area contributed by atoms with Gasteiger partial charge in [-0.1, -0.05) is 47.5 Å². The summed E-state index contributed by atoms with van der Waals surface area (Å²) in [7, 11) is 3.41. The van der Waals surface area contributed by atoms with Crippen molar-refractivity contribution in [1.82, 2.24) is 10.2 Å². The summed E-state index contributed by atoms with van der Waals surface area (Å²) in [6.07, 6.45) is 0.834. The maximum Gasteiger partial charge on any atom is 0.253 e. The van der Waals surface area contributed by atoms with Crippen LogP contribution in [0.5, 0.6) is 0 Å². The molecule has 0 aliphatic carbocycles. The Bertz CT molecular complexity index is 776. The molecule has 2 aromatic carbocycles. The third-order valence-corrected chi connectivity index (χ3v) is 4.58. The molecule has 0 saturated heterocycles. The number of benzene rings is 2. The van der Waals surface area contributed by atoms with Gasteiger partial charge in [-0.15, -0.1) is 0 Å². The van der Waals surface area contributed by atoms with E-state index in [0.717, 1.165) is 11.1 Å². The van der Waals surface area contributed by atoms with E-state index in [9.17, 15) is 9.59 Å². The van der Waals surface area contributed by atoms with E-state index < -0.39 is 0 Å². The molecule has 0 saturated carbocycles. The smallest absolute Gasteiger partial charge is 0.253 e. The zero-order valence-corrected chi connectivity index (χ0v) is 15.7. The van der Waals surface area contributed by atoms with Crippen LogP contribution in [0.15, 0.2) is 42.5 Å². The van der Waals surface area contributed by atoms with Crippen molar-refractivity contribution in [2.24, 2.45) is 0 Å². The molecule has 2 rings (SSSR count). The van der Waals surface area contributed by atoms with Crippen LogP contribution in [-0.2, 0) is 17.8 Å². The first-order valence-electron chi connectivity index (χ1n) is 7.88. The highest BCUT2D eigenvalue weighted by molar-refractivity contribution is 6.42. The lowest BCUT2D eigenvalue weighted by molar-refractivity contribution is -0.121. The minimum Gasteiger partial charge on any atom is -0.352 e. The van der Waals surface area contributed by atoms with Crippen LogP contribution in [0.3, 0.4) is 0 Å². The fourth-order valence-electron chi connectivity index (χ4n) is 2.35. The summed E-state index contributed by atoms with van der Waals surface area (Å²) in [5.41, 5.74) is 2.33. The minimum absolute atomic E-state index is 0.0659. The summed E-state index contributed by atoms with van der Waals surface area (Å²) < 4.78 is 0. The van der Waals surface area contributed by atoms with Gasteiger partial charge in [-0.05, 0) is 35.7 Å². The molecule has 4 nitrogen and oxygen atoms in total. The molecule has 0 fully saturated rings. The second-order valence-electron chi connectivity index (χ2n) is 5.89. The van der Waals surface area contributed by atoms with E-state index in [2.05, 4.69) is 5.32 Å². The second-order valence-corrected chi connectivity index (χ2v) is 6.67. The molecule has 0 heterocycles. The maximum absolute atomic E-state index is 12.1. The van der Waals surface area contributed by atoms with Crippen LogP contribution in [0.25, 0.3) is 0 Å². The third-order valence-electron chi connectivity index (χ3n) is 3.72. The Balaban J connectivity index is 1.89. The van der Waals surface area contributed by atoms with Gasteiger partial charge in [0.25, 0.3) is 5.91 Å². The highest BCUT2D eigenvalue weighted by Crippen LogP contribution is 2.26. The zero-order valence-electron chi connectivity index (χ0n) is 14.2. The van der Waals surface area contributed by atoms with Crippen molar-refractivity contribution in [2.45, 2.75) is 19.4 Å². The van der Waals surface area contributed by atoms with Crippen LogP contribution in [0, 0.1) is 0 Å². The van der Waals surface area contributed by atoms with Crippen molar-refractivity contribution in [1.29, 1.82) is 0 Å². The number of carbonyl (C=O) groups excluding carboxylic acids is 2. The number of halogens is 2. The van der Waals surface area contributed by atoms with E-state index in [1.165, 1.54) is 4.90 Å². The van der Waals surface area contributed by atoms with Gasteiger partial charge in [0.1, 0.15) is 0 Å². The molecule has 132 valence electrons. The summed E-state index contributed by atoms with van der Waals surface area (Å²) in [6.45, 7) is 0.372. The molecule has 0 atom stereocenters. The number of hydrogen-bond donors (Lipinski definition) is 1. The SMILES string of the molecule is CN(C)C(=O)c1cccc(CNC(=O)CCc2cccc(Cl)c2Cl)c1. The Hall–Kier alpha value is -2.04. The molecule has 0 spiro atoms. The van der Waals surface area contributed by atoms with E-state index in [-0.39, 0.29) is 11.8 Å². The van der Waals surface area contributed by atoms with Gasteiger partial charge >= 0.3 is 0 Å². The number of nitrogens with zero attached hydrogens (tertiary/aromatic N) is 1. The topological polar surface area (TPSA) is 49.4 Å². The molecule has 2 aromatic rings. The highest BCUT2D eigenvalue weighted by Gasteiger charge is 2.10. The van der Waals surface area contributed by atoms with Gasteiger partial charge in [0.05, 0.1) is 10.0 Å². The molecule has 0 aromatic heterocycles. The molecule has 1 N–H and O–H groups in total. The molecular weight excluding hydrogens is 359 g/mol. The van der Waals surface area contributed by atoms with Gasteiger partial charge in [0.2, 0.25) is 5.91 Å². The molecular formula is C19H20Cl2N2O2. The average molecular weight is 379 g/mol. The Kier molecular flexibility index (Phi) is 6.85. The van der Waals surface area contributed by atoms with Gasteiger partial charge in [0.15, 0.2) is 0 Å². The number of carbonyl (C=O) groups is 2. The summed E-state index contributed by atoms with van der Waals surface area (Å²) in [6, 6.07) is 12.6. The van der Waals surface area contributed by atoms with Gasteiger partial charge in [0, 0.05) is 32.6 Å². The van der Waals surface area contributed by atoms with Crippen molar-refractivity contribution in [3.63, 3.8) is 0 Å². The zero-order chi connectivity index (χ0) is 18.4. The van der Waals surface area contributed by atoms with Crippen molar-refractivity contribution in [3.8, 4) is 0 Å². The van der Waals surface area contributed by atoms with E-state index in [1.54, 1.807) is 32.3 Å². The number of amides is 2. The van der Waals surface area contributed by atoms with Crippen molar-refractivity contribution in [2.75, 3.05) is 14.1 Å². The van der Waals surface area contributed by atoms with Crippen LogP contribution in [0.1, 0.15) is 27.9 Å². The monoisotopic (exact) mass is 378 g/mol. The fraction of sp³-hybridized carbons (Fsp3) is 0.263. The Morgan fingerprint density at radius 2 is 1.80 bits per heavy atom. The van der Waals surface area contributed by atoms with Gasteiger partial charge in [-0.25, -0.2) is 0 Å². The highest BCUT2D eigenvalue weighted by atomic mass is 35.5. The molecule has 0 aliphatic heterocycles. The predicted molar refractivity (Wildman–Crippen MR) is 101 cm³/mol. The second kappa shape index (κ2) is 8.88. The van der Waals surface area contributed by atoms with Crippen molar-refractivity contribution in [3.05, 3.63) is 69.2 Å². The van der Waals surface area contributed by atoms with Crippen LogP contribution in [0.4, 0.5) is 0 Å². The fourth-order valence-corrected chi connectivity index (χ4v) is 2.77. The first kappa shape index (κ1) is 19.3. The Morgan fingerprint density at radius 3 is 2.52 bits per heavy atom. The molecule has 2 amide bonds. The summed E-state index contributed by atoms with van der Waals surface area (Å²) in [4.78, 5) is 25.5. The third kappa shape index (κ3) is 5.48. The quantitative estimate of drug-likeness (QED) is 0.827. The summed E-state index contributed by atoms with van der Waals surface area (Å²) >= 11 is 12.1. The summed E-state index contributed by atoms with van der Waals surface area (Å²) in [5, 5.41) is 3.84. The lowest BCUT2D eigenvalue weighted by Crippen LogP contribution is -2.24. The molecule has 0 unspecified atom stereocenters. The average Bonchev–Trinajstić information content (AvgIpc) is 2.60. The Labute approximate surface area is 157 Å². The van der Waals surface area contributed by atoms with E-state index in [4.69, 9.17) is 23.2 Å². The van der Waals surface area contributed by atoms with Gasteiger partial charge < -0.3 is 10.2 Å². The first-order chi connectivity index (χ1) is 11.9. The normalized spacial score (nSPS) is 10.4. The minimum atomic E-state index is -0.0830. The number of nitrogens with one attached hydrogen (secondary N) is 1. The first-order valence-corrected chi connectivity index (χ1v) is 8.64. The van der Waals surface area contributed by atoms with E-state index in [0.29, 0.717) is 35.0 Å². The van der Waals surface area contributed by atoms with Crippen molar-refractivity contribution >= 4 is 35.0 Å². The van der Waals surface area contributed by atoms with Gasteiger partial charge in [-0.3, -0.25) is 9.59 Å². The number of hydrogen-bond acceptors (Lipinski definition) is 2. The summed E-state index contributed by atoms with van der Waals surface area (Å²) in [5.74, 6) is -0.149. The van der Waals surface area contributed by atoms with Crippen LogP contribution in [-0.4, -0.2) is 30.8 Å². The maximum atomic E-state index is 12.1. The van der Waals surface area contributed by atoms with Gasteiger partial charge in [-0.2, -0.15) is 0 Å². The van der Waals surface area contributed by atoms with E-state index in [1.807, 2.05) is 24.3 Å². The number of aryl methyl sites for hydroxylation is 1. The molecule has 0 aliphatic rings. The van der Waals surface area contributed by atoms with Crippen molar-refractivity contribution < 1.29 is 9.59 Å². The molecule has 0 radical (unpaired) electrons. The number of rotatable bonds is 6. The standard InChI is InChI=1S/C19H20Cl2N2O2/c1-23(2)19(25)15-7-3-5-13(11-15)12-22-17(24)10-9-14-6-4-8-16(20)18(14)21/h3-8,11H,9-10,12H2,1-2H3,(H,22,24). The lowest BCUT2D eigenvalue weighted by Gasteiger charge is -2.11. The molecule has 6 heteroatoms. The largest absolute Gasteiger partial charge is 0.352 e. The molecule has 25 heavy (non-hydrogen) atoms.